The molecule has 6 heteroatoms. The van der Waals surface area contributed by atoms with Gasteiger partial charge in [-0.15, -0.1) is 0 Å². The zero-order chi connectivity index (χ0) is 16.9. The van der Waals surface area contributed by atoms with Gasteiger partial charge in [0.1, 0.15) is 6.07 Å². The number of hydrogen-bond acceptors (Lipinski definition) is 6. The van der Waals surface area contributed by atoms with E-state index in [2.05, 4.69) is 4.98 Å². The van der Waals surface area contributed by atoms with Crippen molar-refractivity contribution in [3.63, 3.8) is 0 Å². The predicted molar refractivity (Wildman–Crippen MR) is 90.5 cm³/mol. The average molecular weight is 323 g/mol. The second-order valence-electron chi connectivity index (χ2n) is 5.25. The second kappa shape index (κ2) is 7.13. The molecule has 0 aliphatic carbocycles. The van der Waals surface area contributed by atoms with Crippen molar-refractivity contribution < 1.29 is 14.6 Å². The third-order valence-corrected chi connectivity index (χ3v) is 3.76. The summed E-state index contributed by atoms with van der Waals surface area (Å²) in [7, 11) is 0. The largest absolute Gasteiger partial charge is 0.419 e. The molecule has 0 fully saturated rings. The minimum Gasteiger partial charge on any atom is -0.419 e. The highest BCUT2D eigenvalue weighted by Crippen LogP contribution is 2.32. The molecule has 24 heavy (non-hydrogen) atoms. The van der Waals surface area contributed by atoms with Crippen molar-refractivity contribution in [2.24, 2.45) is 0 Å². The van der Waals surface area contributed by atoms with Gasteiger partial charge in [-0.05, 0) is 16.8 Å². The molecule has 0 unspecified atom stereocenters. The van der Waals surface area contributed by atoms with Gasteiger partial charge in [0.2, 0.25) is 17.5 Å². The fourth-order valence-corrected chi connectivity index (χ4v) is 2.68. The van der Waals surface area contributed by atoms with E-state index < -0.39 is 0 Å². The molecule has 0 spiro atoms. The Hall–Kier alpha value is -2.88. The monoisotopic (exact) mass is 323 g/mol. The van der Waals surface area contributed by atoms with Crippen molar-refractivity contribution in [1.82, 2.24) is 4.98 Å². The van der Waals surface area contributed by atoms with E-state index in [4.69, 9.17) is 4.42 Å². The summed E-state index contributed by atoms with van der Waals surface area (Å²) in [6.45, 7) is 0.267. The normalized spacial score (nSPS) is 10.7. The number of aliphatic hydroxyl groups is 2. The number of benzene rings is 2. The van der Waals surface area contributed by atoms with Crippen LogP contribution in [0.5, 0.6) is 0 Å². The maximum absolute atomic E-state index is 9.35. The van der Waals surface area contributed by atoms with E-state index in [9.17, 15) is 15.5 Å². The summed E-state index contributed by atoms with van der Waals surface area (Å²) < 4.78 is 5.84. The molecule has 1 heterocycles. The molecule has 0 amide bonds. The van der Waals surface area contributed by atoms with Crippen LogP contribution in [0.25, 0.3) is 22.2 Å². The average Bonchev–Trinajstić information content (AvgIpc) is 3.05. The molecule has 0 saturated heterocycles. The maximum Gasteiger partial charge on any atom is 0.235 e. The van der Waals surface area contributed by atoms with Crippen molar-refractivity contribution >= 4 is 16.7 Å². The molecule has 2 N–H and O–H groups in total. The highest BCUT2D eigenvalue weighted by atomic mass is 16.4. The number of nitriles is 1. The van der Waals surface area contributed by atoms with Crippen LogP contribution in [-0.4, -0.2) is 41.5 Å². The number of oxazole rings is 1. The Morgan fingerprint density at radius 1 is 1.04 bits per heavy atom. The molecule has 122 valence electrons. The van der Waals surface area contributed by atoms with Gasteiger partial charge in [-0.3, -0.25) is 0 Å². The van der Waals surface area contributed by atoms with Crippen LogP contribution in [0.1, 0.15) is 5.69 Å². The Balaban J connectivity index is 2.11. The van der Waals surface area contributed by atoms with Gasteiger partial charge in [0, 0.05) is 18.7 Å². The minimum absolute atomic E-state index is 0.116. The summed E-state index contributed by atoms with van der Waals surface area (Å²) in [4.78, 5) is 5.91. The van der Waals surface area contributed by atoms with Gasteiger partial charge >= 0.3 is 0 Å². The Labute approximate surface area is 139 Å². The smallest absolute Gasteiger partial charge is 0.235 e. The van der Waals surface area contributed by atoms with Crippen LogP contribution in [0.4, 0.5) is 5.88 Å². The van der Waals surface area contributed by atoms with Gasteiger partial charge in [0.25, 0.3) is 0 Å². The van der Waals surface area contributed by atoms with E-state index >= 15 is 0 Å². The summed E-state index contributed by atoms with van der Waals surface area (Å²) in [5.41, 5.74) is 0.934. The molecule has 3 rings (SSSR count). The van der Waals surface area contributed by atoms with Crippen LogP contribution < -0.4 is 4.90 Å². The minimum atomic E-state index is -0.116. The van der Waals surface area contributed by atoms with E-state index in [1.165, 1.54) is 0 Å². The lowest BCUT2D eigenvalue weighted by atomic mass is 10.0. The summed E-state index contributed by atoms with van der Waals surface area (Å²) in [5, 5.41) is 29.8. The van der Waals surface area contributed by atoms with Crippen LogP contribution in [0.2, 0.25) is 0 Å². The van der Waals surface area contributed by atoms with Crippen LogP contribution in [-0.2, 0) is 0 Å². The van der Waals surface area contributed by atoms with E-state index in [0.717, 1.165) is 16.3 Å². The lowest BCUT2D eigenvalue weighted by Crippen LogP contribution is -2.29. The van der Waals surface area contributed by atoms with Gasteiger partial charge in [0.15, 0.2) is 0 Å². The molecule has 6 nitrogen and oxygen atoms in total. The van der Waals surface area contributed by atoms with E-state index in [1.54, 1.807) is 4.90 Å². The zero-order valence-electron chi connectivity index (χ0n) is 13.0. The van der Waals surface area contributed by atoms with Crippen molar-refractivity contribution in [2.75, 3.05) is 31.2 Å². The lowest BCUT2D eigenvalue weighted by Gasteiger charge is -2.19. The maximum atomic E-state index is 9.35. The lowest BCUT2D eigenvalue weighted by molar-refractivity contribution is 0.277. The summed E-state index contributed by atoms with van der Waals surface area (Å²) in [6, 6.07) is 15.7. The number of hydrogen-bond donors (Lipinski definition) is 2. The van der Waals surface area contributed by atoms with E-state index in [1.807, 2.05) is 48.5 Å². The topological polar surface area (TPSA) is 93.5 Å². The second-order valence-corrected chi connectivity index (χ2v) is 5.25. The van der Waals surface area contributed by atoms with Crippen molar-refractivity contribution in [2.45, 2.75) is 0 Å². The first kappa shape index (κ1) is 16.0. The molecule has 0 radical (unpaired) electrons. The highest BCUT2D eigenvalue weighted by molar-refractivity contribution is 5.94. The van der Waals surface area contributed by atoms with Crippen LogP contribution >= 0.6 is 0 Å². The van der Waals surface area contributed by atoms with Gasteiger partial charge in [-0.2, -0.15) is 10.2 Å². The molecule has 0 aliphatic heterocycles. The molecular formula is C18H17N3O3. The zero-order valence-corrected chi connectivity index (χ0v) is 13.0. The number of nitrogens with zero attached hydrogens (tertiary/aromatic N) is 3. The Bertz CT molecular complexity index is 871. The fraction of sp³-hybridized carbons (Fsp3) is 0.222. The van der Waals surface area contributed by atoms with Gasteiger partial charge in [-0.1, -0.05) is 36.4 Å². The standard InChI is InChI=1S/C18H17N3O3/c19-12-16-18(21(8-10-22)9-11-23)24-17(20-16)15-7-3-5-13-4-1-2-6-14(13)15/h1-7,22-23H,8-11H2. The summed E-state index contributed by atoms with van der Waals surface area (Å²) >= 11 is 0. The van der Waals surface area contributed by atoms with Crippen LogP contribution in [0.15, 0.2) is 46.9 Å². The molecule has 0 atom stereocenters. The Morgan fingerprint density at radius 3 is 2.46 bits per heavy atom. The molecule has 0 saturated carbocycles. The molecule has 1 aromatic heterocycles. The predicted octanol–water partition coefficient (Wildman–Crippen LogP) is 2.16. The third-order valence-electron chi connectivity index (χ3n) is 3.76. The van der Waals surface area contributed by atoms with Crippen molar-refractivity contribution in [3.05, 3.63) is 48.2 Å². The first-order valence-electron chi connectivity index (χ1n) is 7.64. The molecular weight excluding hydrogens is 306 g/mol. The molecule has 3 aromatic rings. The Kier molecular flexibility index (Phi) is 4.75. The van der Waals surface area contributed by atoms with Gasteiger partial charge in [0.05, 0.1) is 13.2 Å². The molecule has 0 aliphatic rings. The van der Waals surface area contributed by atoms with Crippen LogP contribution in [0, 0.1) is 11.3 Å². The highest BCUT2D eigenvalue weighted by Gasteiger charge is 2.20. The Morgan fingerprint density at radius 2 is 1.75 bits per heavy atom. The molecule has 0 bridgehead atoms. The first-order valence-corrected chi connectivity index (χ1v) is 7.64. The third kappa shape index (κ3) is 2.95. The quantitative estimate of drug-likeness (QED) is 0.722. The first-order chi connectivity index (χ1) is 11.8. The fourth-order valence-electron chi connectivity index (χ4n) is 2.68. The van der Waals surface area contributed by atoms with E-state index in [0.29, 0.717) is 5.89 Å². The van der Waals surface area contributed by atoms with Crippen molar-refractivity contribution in [1.29, 1.82) is 5.26 Å². The number of fused-ring (bicyclic) bond motifs is 1. The number of aromatic nitrogens is 1. The SMILES string of the molecule is N#Cc1nc(-c2cccc3ccccc23)oc1N(CCO)CCO. The molecule has 2 aromatic carbocycles. The number of aliphatic hydroxyl groups excluding tert-OH is 2. The van der Waals surface area contributed by atoms with Gasteiger partial charge < -0.3 is 19.5 Å². The summed E-state index contributed by atoms with van der Waals surface area (Å²) in [6.07, 6.45) is 0. The van der Waals surface area contributed by atoms with Crippen LogP contribution in [0.3, 0.4) is 0 Å². The van der Waals surface area contributed by atoms with Gasteiger partial charge in [-0.25, -0.2) is 0 Å². The number of rotatable bonds is 6. The van der Waals surface area contributed by atoms with Crippen molar-refractivity contribution in [3.8, 4) is 17.5 Å². The van der Waals surface area contributed by atoms with E-state index in [-0.39, 0.29) is 37.9 Å². The number of anilines is 1. The summed E-state index contributed by atoms with van der Waals surface area (Å²) in [5.74, 6) is 0.614.